The highest BCUT2D eigenvalue weighted by Gasteiger charge is 2.33. The van der Waals surface area contributed by atoms with E-state index in [4.69, 9.17) is 10.5 Å². The molecule has 0 spiro atoms. The first-order valence-corrected chi connectivity index (χ1v) is 6.67. The lowest BCUT2D eigenvalue weighted by Crippen LogP contribution is -2.56. The molecule has 1 fully saturated rings. The minimum absolute atomic E-state index is 0.295. The van der Waals surface area contributed by atoms with Gasteiger partial charge in [-0.2, -0.15) is 0 Å². The molecule has 1 heterocycles. The first kappa shape index (κ1) is 14.5. The van der Waals surface area contributed by atoms with Gasteiger partial charge in [-0.3, -0.25) is 9.69 Å². The predicted octanol–water partition coefficient (Wildman–Crippen LogP) is 1.53. The fraction of sp³-hybridized carbons (Fsp3) is 0.923. The van der Waals surface area contributed by atoms with Crippen LogP contribution in [0.25, 0.3) is 0 Å². The Morgan fingerprint density at radius 3 is 2.82 bits per heavy atom. The summed E-state index contributed by atoms with van der Waals surface area (Å²) >= 11 is 0. The van der Waals surface area contributed by atoms with E-state index < -0.39 is 5.54 Å². The van der Waals surface area contributed by atoms with Crippen LogP contribution in [0.5, 0.6) is 0 Å². The molecule has 4 nitrogen and oxygen atoms in total. The Kier molecular flexibility index (Phi) is 5.40. The van der Waals surface area contributed by atoms with Crippen molar-refractivity contribution in [3.8, 4) is 0 Å². The van der Waals surface area contributed by atoms with Gasteiger partial charge in [-0.25, -0.2) is 0 Å². The lowest BCUT2D eigenvalue weighted by atomic mass is 10.0. The molecule has 1 saturated heterocycles. The highest BCUT2D eigenvalue weighted by molar-refractivity contribution is 5.80. The maximum absolute atomic E-state index is 11.8. The van der Waals surface area contributed by atoms with Gasteiger partial charge in [-0.1, -0.05) is 12.8 Å². The number of hydrogen-bond acceptors (Lipinski definition) is 4. The average molecular weight is 242 g/mol. The number of likely N-dealkylation sites (tertiary alicyclic amines) is 1. The van der Waals surface area contributed by atoms with Crippen LogP contribution in [0.15, 0.2) is 0 Å². The number of hydrogen-bond donors (Lipinski definition) is 1. The van der Waals surface area contributed by atoms with E-state index in [1.54, 1.807) is 6.92 Å². The van der Waals surface area contributed by atoms with Crippen LogP contribution in [-0.4, -0.2) is 42.1 Å². The molecule has 0 bridgehead atoms. The van der Waals surface area contributed by atoms with Crippen molar-refractivity contribution in [2.75, 3.05) is 19.7 Å². The first-order chi connectivity index (χ1) is 7.97. The zero-order chi connectivity index (χ0) is 12.9. The molecule has 0 amide bonds. The molecule has 0 saturated carbocycles. The zero-order valence-corrected chi connectivity index (χ0v) is 11.4. The van der Waals surface area contributed by atoms with E-state index in [-0.39, 0.29) is 5.97 Å². The van der Waals surface area contributed by atoms with Gasteiger partial charge in [-0.15, -0.1) is 0 Å². The van der Waals surface area contributed by atoms with E-state index in [0.29, 0.717) is 19.2 Å². The molecule has 2 N–H and O–H groups in total. The van der Waals surface area contributed by atoms with Crippen molar-refractivity contribution in [3.63, 3.8) is 0 Å². The smallest absolute Gasteiger partial charge is 0.327 e. The molecular weight excluding hydrogens is 216 g/mol. The molecule has 0 aromatic carbocycles. The third-order valence-electron chi connectivity index (χ3n) is 3.46. The Labute approximate surface area is 104 Å². The maximum atomic E-state index is 11.8. The van der Waals surface area contributed by atoms with E-state index in [1.807, 2.05) is 6.92 Å². The quantitative estimate of drug-likeness (QED) is 0.760. The van der Waals surface area contributed by atoms with Crippen molar-refractivity contribution >= 4 is 5.97 Å². The number of carbonyl (C=O) groups excluding carboxylic acids is 1. The van der Waals surface area contributed by atoms with Crippen LogP contribution in [0.1, 0.15) is 46.5 Å². The number of rotatable bonds is 4. The number of ether oxygens (including phenoxy) is 1. The summed E-state index contributed by atoms with van der Waals surface area (Å²) in [5.74, 6) is -0.295. The molecule has 1 aliphatic heterocycles. The predicted molar refractivity (Wildman–Crippen MR) is 68.7 cm³/mol. The zero-order valence-electron chi connectivity index (χ0n) is 11.4. The van der Waals surface area contributed by atoms with Gasteiger partial charge in [0.2, 0.25) is 0 Å². The molecule has 0 radical (unpaired) electrons. The summed E-state index contributed by atoms with van der Waals surface area (Å²) in [6.45, 7) is 7.80. The molecule has 4 heteroatoms. The molecule has 1 rings (SSSR count). The molecule has 0 aromatic heterocycles. The minimum Gasteiger partial charge on any atom is -0.465 e. The van der Waals surface area contributed by atoms with Crippen LogP contribution in [0.4, 0.5) is 0 Å². The largest absolute Gasteiger partial charge is 0.465 e. The molecule has 2 atom stereocenters. The number of esters is 1. The van der Waals surface area contributed by atoms with Gasteiger partial charge < -0.3 is 10.5 Å². The lowest BCUT2D eigenvalue weighted by molar-refractivity contribution is -0.149. The summed E-state index contributed by atoms with van der Waals surface area (Å²) in [6.07, 6.45) is 4.95. The Hall–Kier alpha value is -0.610. The van der Waals surface area contributed by atoms with E-state index in [2.05, 4.69) is 11.8 Å². The van der Waals surface area contributed by atoms with Crippen LogP contribution in [-0.2, 0) is 9.53 Å². The van der Waals surface area contributed by atoms with Crippen LogP contribution < -0.4 is 5.73 Å². The van der Waals surface area contributed by atoms with E-state index in [9.17, 15) is 4.79 Å². The Bertz CT molecular complexity index is 254. The topological polar surface area (TPSA) is 55.6 Å². The summed E-state index contributed by atoms with van der Waals surface area (Å²) in [7, 11) is 0. The third-order valence-corrected chi connectivity index (χ3v) is 3.46. The van der Waals surface area contributed by atoms with Crippen molar-refractivity contribution in [2.45, 2.75) is 58.0 Å². The van der Waals surface area contributed by atoms with Gasteiger partial charge in [0.1, 0.15) is 5.54 Å². The SMILES string of the molecule is CCOC(=O)C(C)(N)CN1CCCCCC1C. The Balaban J connectivity index is 2.57. The Morgan fingerprint density at radius 1 is 1.47 bits per heavy atom. The standard InChI is InChI=1S/C13H26N2O2/c1-4-17-12(16)13(3,14)10-15-9-7-5-6-8-11(15)2/h11H,4-10,14H2,1-3H3. The monoisotopic (exact) mass is 242 g/mol. The van der Waals surface area contributed by atoms with Crippen LogP contribution in [0.3, 0.4) is 0 Å². The van der Waals surface area contributed by atoms with Gasteiger partial charge >= 0.3 is 5.97 Å². The molecule has 2 unspecified atom stereocenters. The van der Waals surface area contributed by atoms with Gasteiger partial charge in [-0.05, 0) is 40.2 Å². The summed E-state index contributed by atoms with van der Waals surface area (Å²) in [5, 5.41) is 0. The van der Waals surface area contributed by atoms with Gasteiger partial charge in [0.15, 0.2) is 0 Å². The fourth-order valence-corrected chi connectivity index (χ4v) is 2.35. The van der Waals surface area contributed by atoms with Crippen molar-refractivity contribution in [1.82, 2.24) is 4.90 Å². The number of nitrogens with zero attached hydrogens (tertiary/aromatic N) is 1. The van der Waals surface area contributed by atoms with Crippen molar-refractivity contribution in [3.05, 3.63) is 0 Å². The molecule has 100 valence electrons. The fourth-order valence-electron chi connectivity index (χ4n) is 2.35. The lowest BCUT2D eigenvalue weighted by Gasteiger charge is -2.33. The van der Waals surface area contributed by atoms with E-state index >= 15 is 0 Å². The molecule has 0 aromatic rings. The normalized spacial score (nSPS) is 26.0. The number of carbonyl (C=O) groups is 1. The van der Waals surface area contributed by atoms with Crippen LogP contribution >= 0.6 is 0 Å². The van der Waals surface area contributed by atoms with Gasteiger partial charge in [0.25, 0.3) is 0 Å². The average Bonchev–Trinajstić information content (AvgIpc) is 2.44. The second kappa shape index (κ2) is 6.36. The molecule has 1 aliphatic rings. The Morgan fingerprint density at radius 2 is 2.18 bits per heavy atom. The minimum atomic E-state index is -0.894. The van der Waals surface area contributed by atoms with Crippen molar-refractivity contribution in [2.24, 2.45) is 5.73 Å². The first-order valence-electron chi connectivity index (χ1n) is 6.67. The summed E-state index contributed by atoms with van der Waals surface area (Å²) in [5.41, 5.74) is 5.18. The van der Waals surface area contributed by atoms with Gasteiger partial charge in [0, 0.05) is 12.6 Å². The molecular formula is C13H26N2O2. The number of nitrogens with two attached hydrogens (primary N) is 1. The van der Waals surface area contributed by atoms with Crippen molar-refractivity contribution < 1.29 is 9.53 Å². The summed E-state index contributed by atoms with van der Waals surface area (Å²) in [6, 6.07) is 0.509. The van der Waals surface area contributed by atoms with Crippen LogP contribution in [0, 0.1) is 0 Å². The highest BCUT2D eigenvalue weighted by atomic mass is 16.5. The summed E-state index contributed by atoms with van der Waals surface area (Å²) < 4.78 is 5.02. The summed E-state index contributed by atoms with van der Waals surface area (Å²) in [4.78, 5) is 14.1. The van der Waals surface area contributed by atoms with Crippen molar-refractivity contribution in [1.29, 1.82) is 0 Å². The molecule has 17 heavy (non-hydrogen) atoms. The van der Waals surface area contributed by atoms with Gasteiger partial charge in [0.05, 0.1) is 6.61 Å². The molecule has 0 aliphatic carbocycles. The van der Waals surface area contributed by atoms with E-state index in [1.165, 1.54) is 25.7 Å². The highest BCUT2D eigenvalue weighted by Crippen LogP contribution is 2.18. The second-order valence-electron chi connectivity index (χ2n) is 5.31. The van der Waals surface area contributed by atoms with E-state index in [0.717, 1.165) is 6.54 Å². The second-order valence-corrected chi connectivity index (χ2v) is 5.31. The third kappa shape index (κ3) is 4.28. The van der Waals surface area contributed by atoms with Crippen LogP contribution in [0.2, 0.25) is 0 Å². The maximum Gasteiger partial charge on any atom is 0.327 e.